The highest BCUT2D eigenvalue weighted by Crippen LogP contribution is 2.30. The predicted molar refractivity (Wildman–Crippen MR) is 86.6 cm³/mol. The minimum absolute atomic E-state index is 0.291. The maximum Gasteiger partial charge on any atom is 0.262 e. The lowest BCUT2D eigenvalue weighted by atomic mass is 10.2. The topological polar surface area (TPSA) is 74.6 Å². The first-order valence-electron chi connectivity index (χ1n) is 7.36. The third-order valence-corrected chi connectivity index (χ3v) is 3.22. The number of carbonyl (C=O) groups is 1. The summed E-state index contributed by atoms with van der Waals surface area (Å²) in [5.41, 5.74) is 0.989. The van der Waals surface area contributed by atoms with Gasteiger partial charge < -0.3 is 19.5 Å². The highest BCUT2D eigenvalue weighted by Gasteiger charge is 2.18. The summed E-state index contributed by atoms with van der Waals surface area (Å²) in [7, 11) is 3.10. The van der Waals surface area contributed by atoms with Crippen LogP contribution in [0.5, 0.6) is 17.4 Å². The van der Waals surface area contributed by atoms with Crippen LogP contribution in [0.1, 0.15) is 24.2 Å². The maximum absolute atomic E-state index is 12.5. The summed E-state index contributed by atoms with van der Waals surface area (Å²) < 4.78 is 17.5. The van der Waals surface area contributed by atoms with Gasteiger partial charge in [-0.1, -0.05) is 0 Å². The Morgan fingerprint density at radius 1 is 1.22 bits per heavy atom. The van der Waals surface area contributed by atoms with E-state index in [9.17, 15) is 4.79 Å². The van der Waals surface area contributed by atoms with Crippen LogP contribution in [0, 0.1) is 0 Å². The Morgan fingerprint density at radius 2 is 1.96 bits per heavy atom. The van der Waals surface area contributed by atoms with Gasteiger partial charge in [-0.25, -0.2) is 0 Å². The molecule has 0 fully saturated rings. The summed E-state index contributed by atoms with van der Waals surface area (Å²) in [6, 6.07) is 5.17. The fourth-order valence-corrected chi connectivity index (χ4v) is 2.08. The van der Waals surface area contributed by atoms with E-state index in [0.717, 1.165) is 0 Å². The fourth-order valence-electron chi connectivity index (χ4n) is 2.08. The van der Waals surface area contributed by atoms with E-state index >= 15 is 0 Å². The smallest absolute Gasteiger partial charge is 0.262 e. The Balaban J connectivity index is 2.23. The van der Waals surface area contributed by atoms with Gasteiger partial charge in [-0.3, -0.25) is 9.48 Å². The van der Waals surface area contributed by atoms with Crippen molar-refractivity contribution in [2.75, 3.05) is 26.1 Å². The van der Waals surface area contributed by atoms with Gasteiger partial charge in [0.2, 0.25) is 5.88 Å². The van der Waals surface area contributed by atoms with Crippen LogP contribution in [-0.4, -0.2) is 36.5 Å². The highest BCUT2D eigenvalue weighted by molar-refractivity contribution is 6.05. The number of carbonyl (C=O) groups excluding carboxylic acids is 1. The molecule has 2 aromatic rings. The monoisotopic (exact) mass is 319 g/mol. The van der Waals surface area contributed by atoms with Crippen molar-refractivity contribution in [2.45, 2.75) is 20.4 Å². The van der Waals surface area contributed by atoms with E-state index < -0.39 is 0 Å². The van der Waals surface area contributed by atoms with Gasteiger partial charge in [0.25, 0.3) is 5.91 Å². The second-order valence-electron chi connectivity index (χ2n) is 4.66. The van der Waals surface area contributed by atoms with Crippen molar-refractivity contribution in [1.82, 2.24) is 9.78 Å². The van der Waals surface area contributed by atoms with E-state index in [1.165, 1.54) is 0 Å². The van der Waals surface area contributed by atoms with E-state index in [4.69, 9.17) is 14.2 Å². The minimum atomic E-state index is -0.291. The lowest BCUT2D eigenvalue weighted by Crippen LogP contribution is -2.13. The molecule has 0 aliphatic carbocycles. The molecule has 0 bridgehead atoms. The van der Waals surface area contributed by atoms with Crippen molar-refractivity contribution in [3.8, 4) is 17.4 Å². The van der Waals surface area contributed by atoms with Gasteiger partial charge in [-0.15, -0.1) is 5.10 Å². The summed E-state index contributed by atoms with van der Waals surface area (Å²) in [6.07, 6.45) is 1.67. The molecular weight excluding hydrogens is 298 g/mol. The predicted octanol–water partition coefficient (Wildman–Crippen LogP) is 2.57. The molecule has 0 aliphatic rings. The summed E-state index contributed by atoms with van der Waals surface area (Å²) in [6.45, 7) is 4.89. The van der Waals surface area contributed by atoms with Gasteiger partial charge in [0.15, 0.2) is 11.5 Å². The largest absolute Gasteiger partial charge is 0.493 e. The molecule has 0 aliphatic heterocycles. The zero-order valence-corrected chi connectivity index (χ0v) is 13.8. The van der Waals surface area contributed by atoms with Gasteiger partial charge in [-0.2, -0.15) is 0 Å². The average molecular weight is 319 g/mol. The quantitative estimate of drug-likeness (QED) is 0.849. The Morgan fingerprint density at radius 3 is 2.57 bits per heavy atom. The van der Waals surface area contributed by atoms with Crippen LogP contribution in [0.3, 0.4) is 0 Å². The number of aryl methyl sites for hydroxylation is 1. The Hall–Kier alpha value is -2.70. The van der Waals surface area contributed by atoms with Crippen LogP contribution in [-0.2, 0) is 6.54 Å². The number of nitrogens with zero attached hydrogens (tertiary/aromatic N) is 2. The average Bonchev–Trinajstić information content (AvgIpc) is 2.98. The van der Waals surface area contributed by atoms with Crippen LogP contribution in [0.25, 0.3) is 0 Å². The van der Waals surface area contributed by atoms with Crippen LogP contribution >= 0.6 is 0 Å². The fraction of sp³-hybridized carbons (Fsp3) is 0.375. The lowest BCUT2D eigenvalue weighted by Gasteiger charge is -2.10. The molecule has 23 heavy (non-hydrogen) atoms. The molecule has 7 nitrogen and oxygen atoms in total. The first kappa shape index (κ1) is 16.7. The molecule has 0 unspecified atom stereocenters. The molecule has 0 atom stereocenters. The molecule has 1 amide bonds. The zero-order chi connectivity index (χ0) is 16.8. The standard InChI is InChI=1S/C16H21N3O4/c1-5-19-10-12(16(18-19)23-6-2)15(20)17-11-7-8-13(21-3)14(9-11)22-4/h7-10H,5-6H2,1-4H3,(H,17,20). The van der Waals surface area contributed by atoms with Crippen molar-refractivity contribution in [3.05, 3.63) is 30.0 Å². The summed E-state index contributed by atoms with van der Waals surface area (Å²) in [5.74, 6) is 1.17. The number of anilines is 1. The second kappa shape index (κ2) is 7.53. The number of ether oxygens (including phenoxy) is 3. The molecule has 0 saturated carbocycles. The van der Waals surface area contributed by atoms with Gasteiger partial charge in [0.1, 0.15) is 5.56 Å². The molecule has 7 heteroatoms. The number of benzene rings is 1. The van der Waals surface area contributed by atoms with Gasteiger partial charge in [-0.05, 0) is 26.0 Å². The third kappa shape index (κ3) is 3.74. The molecule has 124 valence electrons. The number of rotatable bonds is 7. The number of aromatic nitrogens is 2. The molecule has 0 spiro atoms. The first-order valence-corrected chi connectivity index (χ1v) is 7.36. The molecule has 1 aromatic heterocycles. The van der Waals surface area contributed by atoms with E-state index in [-0.39, 0.29) is 5.91 Å². The Bertz CT molecular complexity index is 682. The van der Waals surface area contributed by atoms with Crippen LogP contribution in [0.4, 0.5) is 5.69 Å². The number of nitrogens with one attached hydrogen (secondary N) is 1. The SMILES string of the molecule is CCOc1nn(CC)cc1C(=O)Nc1ccc(OC)c(OC)c1. The van der Waals surface area contributed by atoms with E-state index in [1.807, 2.05) is 13.8 Å². The van der Waals surface area contributed by atoms with Crippen molar-refractivity contribution >= 4 is 11.6 Å². The third-order valence-electron chi connectivity index (χ3n) is 3.22. The molecular formula is C16H21N3O4. The maximum atomic E-state index is 12.5. The molecule has 1 heterocycles. The normalized spacial score (nSPS) is 10.3. The summed E-state index contributed by atoms with van der Waals surface area (Å²) in [4.78, 5) is 12.5. The van der Waals surface area contributed by atoms with Gasteiger partial charge in [0.05, 0.1) is 20.8 Å². The Kier molecular flexibility index (Phi) is 5.46. The second-order valence-corrected chi connectivity index (χ2v) is 4.66. The minimum Gasteiger partial charge on any atom is -0.493 e. The van der Waals surface area contributed by atoms with Gasteiger partial charge in [0, 0.05) is 24.5 Å². The number of hydrogen-bond donors (Lipinski definition) is 1. The lowest BCUT2D eigenvalue weighted by molar-refractivity contribution is 0.102. The van der Waals surface area contributed by atoms with Crippen LogP contribution in [0.2, 0.25) is 0 Å². The molecule has 2 rings (SSSR count). The van der Waals surface area contributed by atoms with E-state index in [2.05, 4.69) is 10.4 Å². The highest BCUT2D eigenvalue weighted by atomic mass is 16.5. The summed E-state index contributed by atoms with van der Waals surface area (Å²) in [5, 5.41) is 7.04. The molecule has 1 N–H and O–H groups in total. The number of hydrogen-bond acceptors (Lipinski definition) is 5. The van der Waals surface area contributed by atoms with Crippen molar-refractivity contribution in [2.24, 2.45) is 0 Å². The molecule has 1 aromatic carbocycles. The van der Waals surface area contributed by atoms with Crippen molar-refractivity contribution < 1.29 is 19.0 Å². The van der Waals surface area contributed by atoms with Gasteiger partial charge >= 0.3 is 0 Å². The van der Waals surface area contributed by atoms with Crippen molar-refractivity contribution in [1.29, 1.82) is 0 Å². The first-order chi connectivity index (χ1) is 11.1. The number of amides is 1. The van der Waals surface area contributed by atoms with E-state index in [0.29, 0.717) is 41.8 Å². The Labute approximate surface area is 135 Å². The van der Waals surface area contributed by atoms with Crippen LogP contribution < -0.4 is 19.5 Å². The summed E-state index contributed by atoms with van der Waals surface area (Å²) >= 11 is 0. The molecule has 0 saturated heterocycles. The zero-order valence-electron chi connectivity index (χ0n) is 13.8. The molecule has 0 radical (unpaired) electrons. The van der Waals surface area contributed by atoms with Crippen LogP contribution in [0.15, 0.2) is 24.4 Å². The van der Waals surface area contributed by atoms with Crippen molar-refractivity contribution in [3.63, 3.8) is 0 Å². The number of methoxy groups -OCH3 is 2. The van der Waals surface area contributed by atoms with E-state index in [1.54, 1.807) is 43.3 Å².